The second kappa shape index (κ2) is 6.62. The lowest BCUT2D eigenvalue weighted by Gasteiger charge is -2.44. The summed E-state index contributed by atoms with van der Waals surface area (Å²) in [6, 6.07) is 3.85. The first kappa shape index (κ1) is 15.2. The summed E-state index contributed by atoms with van der Waals surface area (Å²) in [4.78, 5) is 18.6. The van der Waals surface area contributed by atoms with E-state index in [9.17, 15) is 4.79 Å². The maximum atomic E-state index is 12.5. The molecular weight excluding hydrogens is 284 g/mol. The first-order valence-electron chi connectivity index (χ1n) is 7.75. The van der Waals surface area contributed by atoms with E-state index in [1.807, 2.05) is 17.9 Å². The van der Waals surface area contributed by atoms with Gasteiger partial charge in [-0.1, -0.05) is 0 Å². The van der Waals surface area contributed by atoms with Gasteiger partial charge in [0.15, 0.2) is 5.75 Å². The molecule has 3 heterocycles. The number of aromatic nitrogens is 1. The van der Waals surface area contributed by atoms with Gasteiger partial charge in [0, 0.05) is 7.11 Å². The van der Waals surface area contributed by atoms with Crippen molar-refractivity contribution in [3.8, 4) is 5.75 Å². The second-order valence-corrected chi connectivity index (χ2v) is 5.85. The standard InChI is InChI=1S/C16H22N2O4/c1-11(20-2)15-7-6-14(8-17-15)22-16(19)18-12-4-3-5-13(18)10-21-9-12/h6-8,11-13H,3-5,9-10H2,1-2H3/t11-,12?,13?/m0/s1. The summed E-state index contributed by atoms with van der Waals surface area (Å²) in [5.74, 6) is 0.460. The second-order valence-electron chi connectivity index (χ2n) is 5.85. The summed E-state index contributed by atoms with van der Waals surface area (Å²) in [6.07, 6.45) is 4.30. The highest BCUT2D eigenvalue weighted by Gasteiger charge is 2.38. The van der Waals surface area contributed by atoms with Crippen LogP contribution in [0, 0.1) is 0 Å². The Bertz CT molecular complexity index is 497. The zero-order valence-electron chi connectivity index (χ0n) is 13.0. The van der Waals surface area contributed by atoms with Crippen LogP contribution in [0.25, 0.3) is 0 Å². The minimum atomic E-state index is -0.299. The molecular formula is C16H22N2O4. The number of piperidine rings is 1. The number of amides is 1. The van der Waals surface area contributed by atoms with Crippen LogP contribution in [-0.4, -0.2) is 48.4 Å². The smallest absolute Gasteiger partial charge is 0.409 e. The number of pyridine rings is 1. The van der Waals surface area contributed by atoms with Crippen molar-refractivity contribution in [1.29, 1.82) is 0 Å². The van der Waals surface area contributed by atoms with Crippen LogP contribution in [-0.2, 0) is 9.47 Å². The highest BCUT2D eigenvalue weighted by atomic mass is 16.6. The van der Waals surface area contributed by atoms with E-state index in [0.717, 1.165) is 25.0 Å². The van der Waals surface area contributed by atoms with E-state index in [4.69, 9.17) is 14.2 Å². The van der Waals surface area contributed by atoms with E-state index in [2.05, 4.69) is 4.98 Å². The quantitative estimate of drug-likeness (QED) is 0.859. The Balaban J connectivity index is 1.66. The van der Waals surface area contributed by atoms with E-state index in [1.165, 1.54) is 0 Å². The fraction of sp³-hybridized carbons (Fsp3) is 0.625. The molecule has 1 aromatic rings. The minimum Gasteiger partial charge on any atom is -0.409 e. The Kier molecular flexibility index (Phi) is 4.59. The molecule has 2 aliphatic rings. The van der Waals surface area contributed by atoms with Crippen molar-refractivity contribution in [2.45, 2.75) is 44.4 Å². The predicted molar refractivity (Wildman–Crippen MR) is 79.8 cm³/mol. The molecule has 0 radical (unpaired) electrons. The maximum Gasteiger partial charge on any atom is 0.415 e. The molecule has 2 unspecified atom stereocenters. The van der Waals surface area contributed by atoms with Crippen molar-refractivity contribution in [1.82, 2.24) is 9.88 Å². The third-order valence-corrected chi connectivity index (χ3v) is 4.43. The highest BCUT2D eigenvalue weighted by molar-refractivity contribution is 5.71. The molecule has 6 heteroatoms. The van der Waals surface area contributed by atoms with Crippen molar-refractivity contribution in [2.75, 3.05) is 20.3 Å². The molecule has 0 N–H and O–H groups in total. The van der Waals surface area contributed by atoms with Crippen LogP contribution in [0.3, 0.4) is 0 Å². The summed E-state index contributed by atoms with van der Waals surface area (Å²) in [5.41, 5.74) is 0.811. The van der Waals surface area contributed by atoms with Gasteiger partial charge in [-0.15, -0.1) is 0 Å². The number of ether oxygens (including phenoxy) is 3. The van der Waals surface area contributed by atoms with Crippen LogP contribution in [0.1, 0.15) is 38.0 Å². The summed E-state index contributed by atoms with van der Waals surface area (Å²) in [6.45, 7) is 3.13. The molecule has 1 amide bonds. The van der Waals surface area contributed by atoms with Crippen LogP contribution in [0.2, 0.25) is 0 Å². The number of hydrogen-bond donors (Lipinski definition) is 0. The van der Waals surface area contributed by atoms with E-state index >= 15 is 0 Å². The van der Waals surface area contributed by atoms with E-state index in [1.54, 1.807) is 19.4 Å². The SMILES string of the molecule is CO[C@@H](C)c1ccc(OC(=O)N2C3CCCC2COC3)cn1. The Morgan fingerprint density at radius 2 is 2.09 bits per heavy atom. The van der Waals surface area contributed by atoms with Crippen molar-refractivity contribution >= 4 is 6.09 Å². The average molecular weight is 306 g/mol. The van der Waals surface area contributed by atoms with E-state index in [-0.39, 0.29) is 24.3 Å². The molecule has 6 nitrogen and oxygen atoms in total. The van der Waals surface area contributed by atoms with Crippen molar-refractivity contribution in [3.63, 3.8) is 0 Å². The molecule has 3 rings (SSSR count). The van der Waals surface area contributed by atoms with Gasteiger partial charge in [0.1, 0.15) is 0 Å². The molecule has 2 fully saturated rings. The number of carbonyl (C=O) groups excluding carboxylic acids is 1. The first-order chi connectivity index (χ1) is 10.7. The molecule has 22 heavy (non-hydrogen) atoms. The molecule has 1 aromatic heterocycles. The zero-order valence-corrected chi connectivity index (χ0v) is 13.0. The van der Waals surface area contributed by atoms with Crippen molar-refractivity contribution in [2.24, 2.45) is 0 Å². The molecule has 0 aromatic carbocycles. The number of rotatable bonds is 3. The van der Waals surface area contributed by atoms with Gasteiger partial charge in [-0.3, -0.25) is 9.88 Å². The van der Waals surface area contributed by atoms with Gasteiger partial charge in [0.05, 0.1) is 43.3 Å². The number of morpholine rings is 1. The lowest BCUT2D eigenvalue weighted by molar-refractivity contribution is -0.0576. The molecule has 2 aliphatic heterocycles. The van der Waals surface area contributed by atoms with Gasteiger partial charge in [-0.25, -0.2) is 4.79 Å². The van der Waals surface area contributed by atoms with Gasteiger partial charge in [0.2, 0.25) is 0 Å². The number of hydrogen-bond acceptors (Lipinski definition) is 5. The number of fused-ring (bicyclic) bond motifs is 2. The van der Waals surface area contributed by atoms with Crippen LogP contribution in [0.5, 0.6) is 5.75 Å². The van der Waals surface area contributed by atoms with Crippen LogP contribution in [0.4, 0.5) is 4.79 Å². The van der Waals surface area contributed by atoms with Gasteiger partial charge in [-0.2, -0.15) is 0 Å². The maximum absolute atomic E-state index is 12.5. The summed E-state index contributed by atoms with van der Waals surface area (Å²) >= 11 is 0. The molecule has 0 saturated carbocycles. The molecule has 3 atom stereocenters. The Morgan fingerprint density at radius 3 is 2.68 bits per heavy atom. The molecule has 0 aliphatic carbocycles. The van der Waals surface area contributed by atoms with E-state index < -0.39 is 0 Å². The number of carbonyl (C=O) groups is 1. The van der Waals surface area contributed by atoms with Gasteiger partial charge in [-0.05, 0) is 38.3 Å². The van der Waals surface area contributed by atoms with Crippen LogP contribution < -0.4 is 4.74 Å². The van der Waals surface area contributed by atoms with Gasteiger partial charge in [0.25, 0.3) is 0 Å². The normalized spacial score (nSPS) is 25.6. The predicted octanol–water partition coefficient (Wildman–Crippen LogP) is 2.54. The first-order valence-corrected chi connectivity index (χ1v) is 7.75. The molecule has 120 valence electrons. The van der Waals surface area contributed by atoms with E-state index in [0.29, 0.717) is 19.0 Å². The molecule has 2 saturated heterocycles. The highest BCUT2D eigenvalue weighted by Crippen LogP contribution is 2.28. The van der Waals surface area contributed by atoms with Crippen LogP contribution >= 0.6 is 0 Å². The fourth-order valence-electron chi connectivity index (χ4n) is 3.10. The topological polar surface area (TPSA) is 60.9 Å². The van der Waals surface area contributed by atoms with Gasteiger partial charge >= 0.3 is 6.09 Å². The van der Waals surface area contributed by atoms with Crippen LogP contribution in [0.15, 0.2) is 18.3 Å². The van der Waals surface area contributed by atoms with Crippen molar-refractivity contribution in [3.05, 3.63) is 24.0 Å². The summed E-state index contributed by atoms with van der Waals surface area (Å²) in [7, 11) is 1.64. The Morgan fingerprint density at radius 1 is 1.36 bits per heavy atom. The summed E-state index contributed by atoms with van der Waals surface area (Å²) < 4.78 is 16.2. The lowest BCUT2D eigenvalue weighted by atomic mass is 9.95. The number of nitrogens with zero attached hydrogens (tertiary/aromatic N) is 2. The third-order valence-electron chi connectivity index (χ3n) is 4.43. The number of methoxy groups -OCH3 is 1. The third kappa shape index (κ3) is 3.08. The molecule has 0 spiro atoms. The largest absolute Gasteiger partial charge is 0.415 e. The summed E-state index contributed by atoms with van der Waals surface area (Å²) in [5, 5.41) is 0. The lowest BCUT2D eigenvalue weighted by Crippen LogP contribution is -2.58. The Labute approximate surface area is 130 Å². The zero-order chi connectivity index (χ0) is 15.5. The molecule has 2 bridgehead atoms. The monoisotopic (exact) mass is 306 g/mol. The Hall–Kier alpha value is -1.66. The van der Waals surface area contributed by atoms with Crippen molar-refractivity contribution < 1.29 is 19.0 Å². The minimum absolute atomic E-state index is 0.0802. The fourth-order valence-corrected chi connectivity index (χ4v) is 3.10. The van der Waals surface area contributed by atoms with Gasteiger partial charge < -0.3 is 14.2 Å². The average Bonchev–Trinajstić information content (AvgIpc) is 2.54.